The van der Waals surface area contributed by atoms with Crippen LogP contribution in [-0.2, 0) is 4.74 Å². The van der Waals surface area contributed by atoms with Crippen molar-refractivity contribution in [3.05, 3.63) is 34.4 Å². The molecule has 0 aliphatic carbocycles. The third-order valence-electron chi connectivity index (χ3n) is 4.50. The van der Waals surface area contributed by atoms with Crippen molar-refractivity contribution in [2.45, 2.75) is 26.8 Å². The SMILES string of the molecule is CNC(c1ccc(C)c(C)c1C)C1(CN)COC1. The van der Waals surface area contributed by atoms with E-state index < -0.39 is 0 Å². The van der Waals surface area contributed by atoms with Crippen molar-refractivity contribution in [2.75, 3.05) is 26.8 Å². The molecule has 0 amide bonds. The van der Waals surface area contributed by atoms with Gasteiger partial charge in [-0.2, -0.15) is 0 Å². The molecule has 1 fully saturated rings. The average Bonchev–Trinajstić information content (AvgIpc) is 2.32. The van der Waals surface area contributed by atoms with Gasteiger partial charge in [0.25, 0.3) is 0 Å². The molecule has 0 bridgehead atoms. The first-order valence-corrected chi connectivity index (χ1v) is 6.57. The number of hydrogen-bond acceptors (Lipinski definition) is 3. The molecule has 1 unspecified atom stereocenters. The van der Waals surface area contributed by atoms with Crippen LogP contribution in [0.15, 0.2) is 12.1 Å². The largest absolute Gasteiger partial charge is 0.380 e. The normalized spacial score (nSPS) is 19.4. The van der Waals surface area contributed by atoms with Crippen molar-refractivity contribution in [3.63, 3.8) is 0 Å². The molecular weight excluding hydrogens is 224 g/mol. The molecule has 0 aromatic heterocycles. The Hall–Kier alpha value is -0.900. The molecule has 100 valence electrons. The van der Waals surface area contributed by atoms with Crippen LogP contribution in [-0.4, -0.2) is 26.8 Å². The number of benzene rings is 1. The molecule has 3 heteroatoms. The van der Waals surface area contributed by atoms with Gasteiger partial charge in [0.2, 0.25) is 0 Å². The average molecular weight is 248 g/mol. The molecule has 1 atom stereocenters. The van der Waals surface area contributed by atoms with Crippen LogP contribution in [0.5, 0.6) is 0 Å². The minimum atomic E-state index is 0.0568. The molecule has 1 aliphatic rings. The summed E-state index contributed by atoms with van der Waals surface area (Å²) in [5.41, 5.74) is 11.5. The van der Waals surface area contributed by atoms with E-state index in [1.165, 1.54) is 22.3 Å². The highest BCUT2D eigenvalue weighted by Crippen LogP contribution is 2.41. The van der Waals surface area contributed by atoms with Gasteiger partial charge in [-0.1, -0.05) is 12.1 Å². The lowest BCUT2D eigenvalue weighted by Gasteiger charge is -2.47. The van der Waals surface area contributed by atoms with Crippen LogP contribution in [0.3, 0.4) is 0 Å². The lowest BCUT2D eigenvalue weighted by molar-refractivity contribution is -0.126. The first-order chi connectivity index (χ1) is 8.55. The predicted molar refractivity (Wildman–Crippen MR) is 74.8 cm³/mol. The van der Waals surface area contributed by atoms with Crippen LogP contribution in [0.2, 0.25) is 0 Å². The molecular formula is C15H24N2O. The molecule has 2 rings (SSSR count). The van der Waals surface area contributed by atoms with E-state index in [9.17, 15) is 0 Å². The minimum Gasteiger partial charge on any atom is -0.380 e. The zero-order valence-electron chi connectivity index (χ0n) is 11.8. The van der Waals surface area contributed by atoms with E-state index in [1.54, 1.807) is 0 Å². The fraction of sp³-hybridized carbons (Fsp3) is 0.600. The summed E-state index contributed by atoms with van der Waals surface area (Å²) in [6.07, 6.45) is 0. The van der Waals surface area contributed by atoms with Crippen molar-refractivity contribution in [1.29, 1.82) is 0 Å². The number of nitrogens with two attached hydrogens (primary N) is 1. The Morgan fingerprint density at radius 1 is 1.28 bits per heavy atom. The lowest BCUT2D eigenvalue weighted by Crippen LogP contribution is -2.55. The van der Waals surface area contributed by atoms with E-state index >= 15 is 0 Å². The summed E-state index contributed by atoms with van der Waals surface area (Å²) >= 11 is 0. The van der Waals surface area contributed by atoms with Crippen LogP contribution >= 0.6 is 0 Å². The van der Waals surface area contributed by atoms with Gasteiger partial charge >= 0.3 is 0 Å². The number of nitrogens with one attached hydrogen (secondary N) is 1. The van der Waals surface area contributed by atoms with Crippen molar-refractivity contribution < 1.29 is 4.74 Å². The standard InChI is InChI=1S/C15H24N2O/c1-10-5-6-13(12(3)11(10)2)14(17-4)15(7-16)8-18-9-15/h5-6,14,17H,7-9,16H2,1-4H3. The maximum atomic E-state index is 5.98. The number of rotatable bonds is 4. The van der Waals surface area contributed by atoms with Gasteiger partial charge in [0, 0.05) is 18.0 Å². The first kappa shape index (κ1) is 13.5. The second-order valence-electron chi connectivity index (χ2n) is 5.50. The van der Waals surface area contributed by atoms with Gasteiger partial charge in [-0.15, -0.1) is 0 Å². The summed E-state index contributed by atoms with van der Waals surface area (Å²) in [5, 5.41) is 3.44. The smallest absolute Gasteiger partial charge is 0.0575 e. The molecule has 3 N–H and O–H groups in total. The Labute approximate surface area is 110 Å². The summed E-state index contributed by atoms with van der Waals surface area (Å²) in [5.74, 6) is 0. The Kier molecular flexibility index (Phi) is 3.76. The molecule has 0 saturated carbocycles. The number of ether oxygens (including phenoxy) is 1. The Bertz CT molecular complexity index is 433. The summed E-state index contributed by atoms with van der Waals surface area (Å²) in [7, 11) is 2.01. The Balaban J connectivity index is 2.42. The van der Waals surface area contributed by atoms with Gasteiger partial charge in [-0.25, -0.2) is 0 Å². The second kappa shape index (κ2) is 5.00. The quantitative estimate of drug-likeness (QED) is 0.855. The van der Waals surface area contributed by atoms with Crippen LogP contribution in [0.25, 0.3) is 0 Å². The van der Waals surface area contributed by atoms with E-state index in [2.05, 4.69) is 38.2 Å². The third-order valence-corrected chi connectivity index (χ3v) is 4.50. The zero-order chi connectivity index (χ0) is 13.3. The molecule has 1 aromatic carbocycles. The van der Waals surface area contributed by atoms with Gasteiger partial charge in [-0.05, 0) is 50.1 Å². The maximum absolute atomic E-state index is 5.98. The highest BCUT2D eigenvalue weighted by atomic mass is 16.5. The van der Waals surface area contributed by atoms with Crippen molar-refractivity contribution in [3.8, 4) is 0 Å². The molecule has 0 spiro atoms. The van der Waals surface area contributed by atoms with E-state index in [0.717, 1.165) is 13.2 Å². The monoisotopic (exact) mass is 248 g/mol. The fourth-order valence-electron chi connectivity index (χ4n) is 2.85. The molecule has 1 aromatic rings. The van der Waals surface area contributed by atoms with Crippen molar-refractivity contribution in [1.82, 2.24) is 5.32 Å². The van der Waals surface area contributed by atoms with Crippen LogP contribution in [0, 0.1) is 26.2 Å². The summed E-state index contributed by atoms with van der Waals surface area (Å²) in [6, 6.07) is 4.70. The van der Waals surface area contributed by atoms with Crippen LogP contribution in [0.1, 0.15) is 28.3 Å². The van der Waals surface area contributed by atoms with Crippen molar-refractivity contribution in [2.24, 2.45) is 11.1 Å². The number of aryl methyl sites for hydroxylation is 1. The molecule has 0 radical (unpaired) electrons. The summed E-state index contributed by atoms with van der Waals surface area (Å²) < 4.78 is 5.41. The van der Waals surface area contributed by atoms with Gasteiger partial charge in [0.1, 0.15) is 0 Å². The fourth-order valence-corrected chi connectivity index (χ4v) is 2.85. The Morgan fingerprint density at radius 3 is 2.39 bits per heavy atom. The van der Waals surface area contributed by atoms with Gasteiger partial charge in [0.15, 0.2) is 0 Å². The van der Waals surface area contributed by atoms with E-state index in [1.807, 2.05) is 7.05 Å². The van der Waals surface area contributed by atoms with Crippen LogP contribution < -0.4 is 11.1 Å². The van der Waals surface area contributed by atoms with Gasteiger partial charge in [0.05, 0.1) is 13.2 Å². The molecule has 1 saturated heterocycles. The molecule has 3 nitrogen and oxygen atoms in total. The molecule has 1 heterocycles. The van der Waals surface area contributed by atoms with Crippen molar-refractivity contribution >= 4 is 0 Å². The first-order valence-electron chi connectivity index (χ1n) is 6.57. The third kappa shape index (κ3) is 1.96. The van der Waals surface area contributed by atoms with E-state index in [-0.39, 0.29) is 11.5 Å². The van der Waals surface area contributed by atoms with E-state index in [4.69, 9.17) is 10.5 Å². The topological polar surface area (TPSA) is 47.3 Å². The maximum Gasteiger partial charge on any atom is 0.0575 e. The van der Waals surface area contributed by atoms with Gasteiger partial charge < -0.3 is 15.8 Å². The molecule has 18 heavy (non-hydrogen) atoms. The van der Waals surface area contributed by atoms with E-state index in [0.29, 0.717) is 6.54 Å². The second-order valence-corrected chi connectivity index (χ2v) is 5.50. The van der Waals surface area contributed by atoms with Gasteiger partial charge in [-0.3, -0.25) is 0 Å². The predicted octanol–water partition coefficient (Wildman–Crippen LogP) is 1.85. The summed E-state index contributed by atoms with van der Waals surface area (Å²) in [6.45, 7) is 8.71. The van der Waals surface area contributed by atoms with Crippen LogP contribution in [0.4, 0.5) is 0 Å². The Morgan fingerprint density at radius 2 is 1.94 bits per heavy atom. The lowest BCUT2D eigenvalue weighted by atomic mass is 9.73. The zero-order valence-corrected chi connectivity index (χ0v) is 11.8. The minimum absolute atomic E-state index is 0.0568. The highest BCUT2D eigenvalue weighted by Gasteiger charge is 2.45. The molecule has 1 aliphatic heterocycles. The highest BCUT2D eigenvalue weighted by molar-refractivity contribution is 5.41. The summed E-state index contributed by atoms with van der Waals surface area (Å²) in [4.78, 5) is 0. The number of hydrogen-bond donors (Lipinski definition) is 2.